The van der Waals surface area contributed by atoms with Crippen LogP contribution in [0.4, 0.5) is 19.0 Å². The van der Waals surface area contributed by atoms with Crippen molar-refractivity contribution in [3.05, 3.63) is 29.6 Å². The largest absolute Gasteiger partial charge is 0.419 e. The summed E-state index contributed by atoms with van der Waals surface area (Å²) in [7, 11) is 1.71. The van der Waals surface area contributed by atoms with Gasteiger partial charge >= 0.3 is 6.18 Å². The molecule has 0 aromatic carbocycles. The van der Waals surface area contributed by atoms with E-state index in [1.54, 1.807) is 7.11 Å². The number of nitrogen functional groups attached to an aromatic ring is 1. The molecule has 6 nitrogen and oxygen atoms in total. The van der Waals surface area contributed by atoms with Crippen LogP contribution < -0.4 is 11.1 Å². The molecule has 2 aliphatic rings. The number of fused-ring (bicyclic) bond motifs is 1. The molecule has 0 aliphatic heterocycles. The van der Waals surface area contributed by atoms with Gasteiger partial charge in [-0.15, -0.1) is 0 Å². The molecule has 3 N–H and O–H groups in total. The van der Waals surface area contributed by atoms with Crippen LogP contribution in [0.5, 0.6) is 0 Å². The average Bonchev–Trinajstić information content (AvgIpc) is 3.07. The van der Waals surface area contributed by atoms with Gasteiger partial charge in [-0.3, -0.25) is 4.68 Å². The number of methoxy groups -OCH3 is 1. The fourth-order valence-electron chi connectivity index (χ4n) is 5.02. The lowest BCUT2D eigenvalue weighted by Crippen LogP contribution is -2.29. The first-order valence-corrected chi connectivity index (χ1v) is 10.9. The Hall–Kier alpha value is -2.13. The molecule has 2 aliphatic carbocycles. The van der Waals surface area contributed by atoms with Gasteiger partial charge in [0.2, 0.25) is 0 Å². The predicted octanol–water partition coefficient (Wildman–Crippen LogP) is 4.25. The fourth-order valence-corrected chi connectivity index (χ4v) is 5.02. The van der Waals surface area contributed by atoms with E-state index in [1.807, 2.05) is 24.6 Å². The Labute approximate surface area is 180 Å². The average molecular weight is 438 g/mol. The Morgan fingerprint density at radius 3 is 2.58 bits per heavy atom. The lowest BCUT2D eigenvalue weighted by molar-refractivity contribution is -0.137. The highest BCUT2D eigenvalue weighted by atomic mass is 19.4. The molecule has 2 fully saturated rings. The highest BCUT2D eigenvalue weighted by Crippen LogP contribution is 2.63. The van der Waals surface area contributed by atoms with Gasteiger partial charge < -0.3 is 15.8 Å². The van der Waals surface area contributed by atoms with Gasteiger partial charge in [-0.1, -0.05) is 0 Å². The first-order chi connectivity index (χ1) is 14.7. The van der Waals surface area contributed by atoms with E-state index in [9.17, 15) is 13.2 Å². The number of halogens is 3. The maximum atomic E-state index is 13.3. The Balaban J connectivity index is 1.51. The first kappa shape index (κ1) is 22.1. The number of anilines is 1. The molecule has 0 saturated heterocycles. The Kier molecular flexibility index (Phi) is 6.00. The SMILES string of the molecule is COCCCN[C@H]1C[C@@H]2[C@H](C1)[C@H]2c1cc(-c2cnc(N)c(C(F)(F)F)c2)nn1C(C)C. The van der Waals surface area contributed by atoms with Crippen LogP contribution in [0.15, 0.2) is 18.3 Å². The van der Waals surface area contributed by atoms with Crippen molar-refractivity contribution in [3.63, 3.8) is 0 Å². The van der Waals surface area contributed by atoms with Crippen LogP contribution in [-0.2, 0) is 10.9 Å². The van der Waals surface area contributed by atoms with Crippen LogP contribution in [0.3, 0.4) is 0 Å². The highest BCUT2D eigenvalue weighted by molar-refractivity contribution is 5.63. The van der Waals surface area contributed by atoms with Crippen LogP contribution >= 0.6 is 0 Å². The number of nitrogens with one attached hydrogen (secondary N) is 1. The van der Waals surface area contributed by atoms with Crippen molar-refractivity contribution >= 4 is 5.82 Å². The summed E-state index contributed by atoms with van der Waals surface area (Å²) >= 11 is 0. The van der Waals surface area contributed by atoms with E-state index in [0.717, 1.165) is 44.2 Å². The van der Waals surface area contributed by atoms with Gasteiger partial charge in [0.15, 0.2) is 0 Å². The second-order valence-electron chi connectivity index (χ2n) is 8.97. The molecule has 4 atom stereocenters. The highest BCUT2D eigenvalue weighted by Gasteiger charge is 2.57. The number of hydrogen-bond acceptors (Lipinski definition) is 5. The molecule has 2 aromatic rings. The molecule has 170 valence electrons. The normalized spacial score (nSPS) is 25.3. The fraction of sp³-hybridized carbons (Fsp3) is 0.636. The van der Waals surface area contributed by atoms with Gasteiger partial charge in [0, 0.05) is 49.2 Å². The summed E-state index contributed by atoms with van der Waals surface area (Å²) in [6.45, 7) is 5.81. The number of nitrogens with zero attached hydrogens (tertiary/aromatic N) is 3. The van der Waals surface area contributed by atoms with Crippen molar-refractivity contribution < 1.29 is 17.9 Å². The van der Waals surface area contributed by atoms with E-state index < -0.39 is 17.6 Å². The summed E-state index contributed by atoms with van der Waals surface area (Å²) in [5.74, 6) is 1.12. The Morgan fingerprint density at radius 1 is 1.26 bits per heavy atom. The molecular weight excluding hydrogens is 407 g/mol. The van der Waals surface area contributed by atoms with E-state index >= 15 is 0 Å². The van der Waals surface area contributed by atoms with E-state index in [1.165, 1.54) is 6.20 Å². The van der Waals surface area contributed by atoms with Gasteiger partial charge in [-0.25, -0.2) is 4.98 Å². The molecule has 0 radical (unpaired) electrons. The summed E-state index contributed by atoms with van der Waals surface area (Å²) in [5.41, 5.74) is 6.50. The topological polar surface area (TPSA) is 78.0 Å². The zero-order chi connectivity index (χ0) is 22.3. The quantitative estimate of drug-likeness (QED) is 0.604. The van der Waals surface area contributed by atoms with E-state index in [4.69, 9.17) is 10.5 Å². The summed E-state index contributed by atoms with van der Waals surface area (Å²) in [6, 6.07) is 3.65. The number of hydrogen-bond donors (Lipinski definition) is 2. The lowest BCUT2D eigenvalue weighted by Gasteiger charge is -2.17. The third-order valence-electron chi connectivity index (χ3n) is 6.52. The third-order valence-corrected chi connectivity index (χ3v) is 6.52. The second kappa shape index (κ2) is 8.43. The van der Waals surface area contributed by atoms with Crippen LogP contribution in [0.25, 0.3) is 11.3 Å². The zero-order valence-electron chi connectivity index (χ0n) is 18.1. The van der Waals surface area contributed by atoms with Crippen molar-refractivity contribution in [3.8, 4) is 11.3 Å². The van der Waals surface area contributed by atoms with Crippen molar-refractivity contribution in [1.82, 2.24) is 20.1 Å². The van der Waals surface area contributed by atoms with Gasteiger partial charge in [0.25, 0.3) is 0 Å². The molecule has 2 saturated carbocycles. The van der Waals surface area contributed by atoms with Crippen molar-refractivity contribution in [1.29, 1.82) is 0 Å². The summed E-state index contributed by atoms with van der Waals surface area (Å²) < 4.78 is 46.8. The molecule has 9 heteroatoms. The molecule has 0 bridgehead atoms. The van der Waals surface area contributed by atoms with E-state index in [0.29, 0.717) is 35.1 Å². The molecule has 31 heavy (non-hydrogen) atoms. The molecule has 0 amide bonds. The Morgan fingerprint density at radius 2 is 1.97 bits per heavy atom. The van der Waals surface area contributed by atoms with E-state index in [2.05, 4.69) is 15.4 Å². The molecule has 2 heterocycles. The van der Waals surface area contributed by atoms with Gasteiger partial charge in [-0.05, 0) is 63.6 Å². The molecule has 0 spiro atoms. The van der Waals surface area contributed by atoms with Gasteiger partial charge in [0.1, 0.15) is 5.82 Å². The first-order valence-electron chi connectivity index (χ1n) is 10.9. The number of aromatic nitrogens is 3. The van der Waals surface area contributed by atoms with Gasteiger partial charge in [0.05, 0.1) is 11.3 Å². The van der Waals surface area contributed by atoms with Gasteiger partial charge in [-0.2, -0.15) is 18.3 Å². The third kappa shape index (κ3) is 4.43. The zero-order valence-corrected chi connectivity index (χ0v) is 18.1. The number of alkyl halides is 3. The number of pyridine rings is 1. The minimum absolute atomic E-state index is 0.122. The number of ether oxygens (including phenoxy) is 1. The summed E-state index contributed by atoms with van der Waals surface area (Å²) in [5, 5.41) is 8.26. The maximum Gasteiger partial charge on any atom is 0.419 e. The molecule has 0 unspecified atom stereocenters. The number of nitrogens with two attached hydrogens (primary N) is 1. The van der Waals surface area contributed by atoms with Crippen LogP contribution in [0.1, 0.15) is 56.3 Å². The van der Waals surface area contributed by atoms with Crippen LogP contribution in [0, 0.1) is 11.8 Å². The van der Waals surface area contributed by atoms with Crippen molar-refractivity contribution in [2.75, 3.05) is 26.0 Å². The second-order valence-corrected chi connectivity index (χ2v) is 8.97. The summed E-state index contributed by atoms with van der Waals surface area (Å²) in [6.07, 6.45) is 0.0836. The molecular formula is C22H30F3N5O. The standard InChI is InChI=1S/C22H30F3N5O/c1-12(2)30-19(20-15-8-14(9-16(15)20)27-5-4-6-31-3)10-18(29-30)13-7-17(22(23,24)25)21(26)28-11-13/h7,10-12,14-16,20,27H,4-6,8-9H2,1-3H3,(H2,26,28)/t14-,15+,16-,20-. The van der Waals surface area contributed by atoms with Crippen molar-refractivity contribution in [2.24, 2.45) is 11.8 Å². The molecule has 2 aromatic heterocycles. The van der Waals surface area contributed by atoms with E-state index in [-0.39, 0.29) is 6.04 Å². The lowest BCUT2D eigenvalue weighted by atomic mass is 10.0. The van der Waals surface area contributed by atoms with Crippen molar-refractivity contribution in [2.45, 2.75) is 57.3 Å². The maximum absolute atomic E-state index is 13.3. The van der Waals surface area contributed by atoms with Crippen LogP contribution in [-0.4, -0.2) is 41.1 Å². The Bertz CT molecular complexity index is 914. The minimum atomic E-state index is -4.55. The predicted molar refractivity (Wildman–Crippen MR) is 112 cm³/mol. The number of rotatable bonds is 8. The van der Waals surface area contributed by atoms with Crippen LogP contribution in [0.2, 0.25) is 0 Å². The minimum Gasteiger partial charge on any atom is -0.385 e. The molecule has 4 rings (SSSR count). The summed E-state index contributed by atoms with van der Waals surface area (Å²) in [4.78, 5) is 3.77. The smallest absolute Gasteiger partial charge is 0.385 e. The monoisotopic (exact) mass is 437 g/mol.